The van der Waals surface area contributed by atoms with Crippen LogP contribution in [0.2, 0.25) is 0 Å². The molecule has 0 aliphatic carbocycles. The van der Waals surface area contributed by atoms with Crippen molar-refractivity contribution < 1.29 is 9.13 Å². The van der Waals surface area contributed by atoms with Crippen LogP contribution in [0, 0.1) is 11.7 Å². The minimum Gasteiger partial charge on any atom is -0.493 e. The third-order valence-corrected chi connectivity index (χ3v) is 4.54. The van der Waals surface area contributed by atoms with Gasteiger partial charge in [-0.3, -0.25) is 14.9 Å². The van der Waals surface area contributed by atoms with E-state index in [1.807, 2.05) is 18.3 Å². The second-order valence-electron chi connectivity index (χ2n) is 6.42. The maximum Gasteiger partial charge on any atom is 0.135 e. The van der Waals surface area contributed by atoms with Gasteiger partial charge in [0, 0.05) is 37.6 Å². The van der Waals surface area contributed by atoms with E-state index in [9.17, 15) is 4.39 Å². The van der Waals surface area contributed by atoms with E-state index in [2.05, 4.69) is 20.9 Å². The molecule has 5 heteroatoms. The third kappa shape index (κ3) is 5.10. The van der Waals surface area contributed by atoms with Gasteiger partial charge in [0.15, 0.2) is 0 Å². The molecule has 4 nitrogen and oxygen atoms in total. The predicted molar refractivity (Wildman–Crippen MR) is 97.7 cm³/mol. The van der Waals surface area contributed by atoms with Crippen molar-refractivity contribution >= 4 is 6.21 Å². The van der Waals surface area contributed by atoms with Crippen molar-refractivity contribution in [2.24, 2.45) is 10.9 Å². The minimum absolute atomic E-state index is 0.298. The van der Waals surface area contributed by atoms with Crippen LogP contribution in [0.15, 0.2) is 47.6 Å². The van der Waals surface area contributed by atoms with Crippen molar-refractivity contribution in [3.05, 3.63) is 59.7 Å². The van der Waals surface area contributed by atoms with Gasteiger partial charge in [-0.05, 0) is 56.1 Å². The molecule has 0 saturated carbocycles. The molecule has 0 spiro atoms. The Bertz CT molecular complexity index is 697. The Morgan fingerprint density at radius 3 is 2.80 bits per heavy atom. The van der Waals surface area contributed by atoms with Gasteiger partial charge in [0.25, 0.3) is 0 Å². The molecule has 1 aromatic carbocycles. The van der Waals surface area contributed by atoms with Crippen LogP contribution >= 0.6 is 0 Å². The van der Waals surface area contributed by atoms with Crippen LogP contribution in [0.4, 0.5) is 4.39 Å². The van der Waals surface area contributed by atoms with Gasteiger partial charge in [0.1, 0.15) is 11.6 Å². The Hall–Kier alpha value is -2.27. The highest BCUT2D eigenvalue weighted by Gasteiger charge is 2.20. The van der Waals surface area contributed by atoms with Crippen LogP contribution in [0.3, 0.4) is 0 Å². The number of hydrogen-bond donors (Lipinski definition) is 0. The molecule has 0 bridgehead atoms. The van der Waals surface area contributed by atoms with Crippen molar-refractivity contribution in [2.45, 2.75) is 19.4 Å². The molecule has 0 atom stereocenters. The maximum atomic E-state index is 13.9. The number of likely N-dealkylation sites (tertiary alicyclic amines) is 1. The first-order chi connectivity index (χ1) is 12.2. The van der Waals surface area contributed by atoms with E-state index >= 15 is 0 Å². The van der Waals surface area contributed by atoms with Gasteiger partial charge in [-0.2, -0.15) is 0 Å². The highest BCUT2D eigenvalue weighted by Crippen LogP contribution is 2.21. The molecule has 1 aliphatic heterocycles. The lowest BCUT2D eigenvalue weighted by Crippen LogP contribution is -2.35. The molecule has 1 aliphatic rings. The zero-order valence-electron chi connectivity index (χ0n) is 14.6. The molecule has 0 amide bonds. The smallest absolute Gasteiger partial charge is 0.135 e. The van der Waals surface area contributed by atoms with E-state index in [1.165, 1.54) is 12.3 Å². The van der Waals surface area contributed by atoms with Crippen molar-refractivity contribution in [3.63, 3.8) is 0 Å². The lowest BCUT2D eigenvalue weighted by molar-refractivity contribution is 0.135. The van der Waals surface area contributed by atoms with Gasteiger partial charge in [-0.15, -0.1) is 0 Å². The number of halogens is 1. The summed E-state index contributed by atoms with van der Waals surface area (Å²) in [4.78, 5) is 10.7. The van der Waals surface area contributed by atoms with Gasteiger partial charge in [-0.1, -0.05) is 6.07 Å². The zero-order valence-corrected chi connectivity index (χ0v) is 14.6. The summed E-state index contributed by atoms with van der Waals surface area (Å²) in [7, 11) is 1.63. The Kier molecular flexibility index (Phi) is 6.12. The van der Waals surface area contributed by atoms with Crippen molar-refractivity contribution in [2.75, 3.05) is 26.7 Å². The molecule has 0 radical (unpaired) electrons. The summed E-state index contributed by atoms with van der Waals surface area (Å²) in [6.45, 7) is 3.63. The van der Waals surface area contributed by atoms with Crippen LogP contribution in [0.1, 0.15) is 24.1 Å². The van der Waals surface area contributed by atoms with Crippen molar-refractivity contribution in [1.29, 1.82) is 0 Å². The molecule has 2 aromatic rings. The summed E-state index contributed by atoms with van der Waals surface area (Å²) in [5.74, 6) is 0.801. The van der Waals surface area contributed by atoms with Gasteiger partial charge >= 0.3 is 0 Å². The molecule has 2 heterocycles. The van der Waals surface area contributed by atoms with Crippen LogP contribution < -0.4 is 4.74 Å². The number of aromatic nitrogens is 1. The molecule has 1 aromatic heterocycles. The number of aliphatic imine (C=N–C) groups is 1. The van der Waals surface area contributed by atoms with Crippen molar-refractivity contribution in [1.82, 2.24) is 9.88 Å². The molecule has 0 unspecified atom stereocenters. The number of rotatable bonds is 6. The Labute approximate surface area is 148 Å². The summed E-state index contributed by atoms with van der Waals surface area (Å²) in [5.41, 5.74) is 1.60. The Morgan fingerprint density at radius 1 is 1.28 bits per heavy atom. The quantitative estimate of drug-likeness (QED) is 0.754. The fourth-order valence-electron chi connectivity index (χ4n) is 3.09. The second kappa shape index (κ2) is 8.72. The van der Waals surface area contributed by atoms with Gasteiger partial charge in [0.2, 0.25) is 0 Å². The SMILES string of the molecule is C/N=C\c1ccc(OCC2CCN(Cc3ccccn3)CC2)cc1F. The lowest BCUT2D eigenvalue weighted by Gasteiger charge is -2.31. The minimum atomic E-state index is -0.298. The molecule has 1 saturated heterocycles. The number of hydrogen-bond acceptors (Lipinski definition) is 4. The third-order valence-electron chi connectivity index (χ3n) is 4.54. The van der Waals surface area contributed by atoms with Gasteiger partial charge in [0.05, 0.1) is 12.3 Å². The lowest BCUT2D eigenvalue weighted by atomic mass is 9.97. The maximum absolute atomic E-state index is 13.9. The van der Waals surface area contributed by atoms with Crippen LogP contribution in [0.5, 0.6) is 5.75 Å². The molecule has 0 N–H and O–H groups in total. The van der Waals surface area contributed by atoms with Crippen LogP contribution in [0.25, 0.3) is 0 Å². The zero-order chi connectivity index (χ0) is 17.5. The fourth-order valence-corrected chi connectivity index (χ4v) is 3.09. The average Bonchev–Trinajstić information content (AvgIpc) is 2.64. The molecular formula is C20H24FN3O. The van der Waals surface area contributed by atoms with Crippen molar-refractivity contribution in [3.8, 4) is 5.75 Å². The largest absolute Gasteiger partial charge is 0.493 e. The van der Waals surface area contributed by atoms with E-state index in [-0.39, 0.29) is 5.82 Å². The summed E-state index contributed by atoms with van der Waals surface area (Å²) in [6, 6.07) is 11.0. The van der Waals surface area contributed by atoms with E-state index in [4.69, 9.17) is 4.74 Å². The van der Waals surface area contributed by atoms with E-state index in [1.54, 1.807) is 19.2 Å². The molecule has 25 heavy (non-hydrogen) atoms. The summed E-state index contributed by atoms with van der Waals surface area (Å²) < 4.78 is 19.7. The van der Waals surface area contributed by atoms with Crippen LogP contribution in [-0.2, 0) is 6.54 Å². The number of ether oxygens (including phenoxy) is 1. The van der Waals surface area contributed by atoms with E-state index in [0.29, 0.717) is 23.8 Å². The number of piperidine rings is 1. The number of pyridine rings is 1. The predicted octanol–water partition coefficient (Wildman–Crippen LogP) is 3.56. The van der Waals surface area contributed by atoms with Gasteiger partial charge < -0.3 is 4.74 Å². The summed E-state index contributed by atoms with van der Waals surface area (Å²) >= 11 is 0. The first-order valence-electron chi connectivity index (χ1n) is 8.71. The second-order valence-corrected chi connectivity index (χ2v) is 6.42. The van der Waals surface area contributed by atoms with Gasteiger partial charge in [-0.25, -0.2) is 4.39 Å². The summed E-state index contributed by atoms with van der Waals surface area (Å²) in [5, 5.41) is 0. The normalized spacial score (nSPS) is 16.4. The van der Waals surface area contributed by atoms with E-state index in [0.717, 1.165) is 38.2 Å². The monoisotopic (exact) mass is 341 g/mol. The Balaban J connectivity index is 1.44. The summed E-state index contributed by atoms with van der Waals surface area (Å²) in [6.07, 6.45) is 5.54. The van der Waals surface area contributed by atoms with E-state index < -0.39 is 0 Å². The standard InChI is InChI=1S/C20H24FN3O/c1-22-13-17-5-6-19(12-20(17)21)25-15-16-7-10-24(11-8-16)14-18-4-2-3-9-23-18/h2-6,9,12-13,16H,7-8,10-11,14-15H2,1H3/b22-13-. The highest BCUT2D eigenvalue weighted by atomic mass is 19.1. The highest BCUT2D eigenvalue weighted by molar-refractivity contribution is 5.80. The average molecular weight is 341 g/mol. The number of benzene rings is 1. The molecule has 132 valence electrons. The molecule has 1 fully saturated rings. The fraction of sp³-hybridized carbons (Fsp3) is 0.400. The molecule has 3 rings (SSSR count). The first kappa shape index (κ1) is 17.5. The topological polar surface area (TPSA) is 37.7 Å². The Morgan fingerprint density at radius 2 is 2.12 bits per heavy atom. The number of nitrogens with zero attached hydrogens (tertiary/aromatic N) is 3. The molecular weight excluding hydrogens is 317 g/mol. The first-order valence-corrected chi connectivity index (χ1v) is 8.71. The van der Waals surface area contributed by atoms with Crippen LogP contribution in [-0.4, -0.2) is 42.8 Å².